The van der Waals surface area contributed by atoms with E-state index < -0.39 is 28.5 Å². The third-order valence-corrected chi connectivity index (χ3v) is 3.43. The Morgan fingerprint density at radius 2 is 1.78 bits per heavy atom. The number of hydrogen-bond acceptors (Lipinski definition) is 2. The number of halogens is 6. The van der Waals surface area contributed by atoms with E-state index >= 15 is 0 Å². The van der Waals surface area contributed by atoms with Crippen LogP contribution in [0.3, 0.4) is 0 Å². The van der Waals surface area contributed by atoms with Gasteiger partial charge in [0, 0.05) is 17.6 Å². The topological polar surface area (TPSA) is 40.7 Å². The molecule has 2 aromatic heterocycles. The molecule has 0 spiro atoms. The highest BCUT2D eigenvalue weighted by Crippen LogP contribution is 2.35. The van der Waals surface area contributed by atoms with E-state index in [1.807, 2.05) is 0 Å². The van der Waals surface area contributed by atoms with Crippen LogP contribution in [-0.4, -0.2) is 9.97 Å². The van der Waals surface area contributed by atoms with E-state index in [9.17, 15) is 22.0 Å². The summed E-state index contributed by atoms with van der Waals surface area (Å²) in [5, 5.41) is 2.32. The zero-order chi connectivity index (χ0) is 16.8. The summed E-state index contributed by atoms with van der Waals surface area (Å²) in [5.74, 6) is -2.02. The number of H-pyrrole nitrogens is 1. The molecule has 3 aromatic rings. The predicted octanol–water partition coefficient (Wildman–Crippen LogP) is 5.26. The van der Waals surface area contributed by atoms with E-state index in [1.165, 1.54) is 6.20 Å². The summed E-state index contributed by atoms with van der Waals surface area (Å²) in [6, 6.07) is 3.82. The van der Waals surface area contributed by atoms with Gasteiger partial charge in [-0.25, -0.2) is 13.8 Å². The highest BCUT2D eigenvalue weighted by Gasteiger charge is 2.34. The van der Waals surface area contributed by atoms with Crippen molar-refractivity contribution in [1.82, 2.24) is 9.97 Å². The third-order valence-electron chi connectivity index (χ3n) is 3.14. The molecule has 0 radical (unpaired) electrons. The number of nitrogens with zero attached hydrogens (tertiary/aromatic N) is 1. The second kappa shape index (κ2) is 5.38. The molecule has 23 heavy (non-hydrogen) atoms. The van der Waals surface area contributed by atoms with Crippen molar-refractivity contribution >= 4 is 34.0 Å². The lowest BCUT2D eigenvalue weighted by Gasteiger charge is -2.10. The molecule has 3 nitrogen and oxygen atoms in total. The minimum absolute atomic E-state index is 0.0358. The van der Waals surface area contributed by atoms with Crippen LogP contribution in [0, 0.1) is 11.6 Å². The van der Waals surface area contributed by atoms with E-state index in [4.69, 9.17) is 11.6 Å². The molecule has 0 saturated carbocycles. The van der Waals surface area contributed by atoms with Crippen LogP contribution >= 0.6 is 11.6 Å². The van der Waals surface area contributed by atoms with Crippen molar-refractivity contribution in [3.05, 3.63) is 52.8 Å². The van der Waals surface area contributed by atoms with E-state index in [0.717, 1.165) is 24.3 Å². The van der Waals surface area contributed by atoms with Crippen molar-refractivity contribution in [1.29, 1.82) is 0 Å². The van der Waals surface area contributed by atoms with Gasteiger partial charge < -0.3 is 10.3 Å². The number of alkyl halides is 3. The average Bonchev–Trinajstić information content (AvgIpc) is 2.80. The quantitative estimate of drug-likeness (QED) is 0.490. The summed E-state index contributed by atoms with van der Waals surface area (Å²) in [6.07, 6.45) is -3.19. The van der Waals surface area contributed by atoms with Gasteiger partial charge in [-0.2, -0.15) is 13.2 Å². The molecule has 3 rings (SSSR count). The number of nitrogens with one attached hydrogen (secondary N) is 2. The molecule has 0 aliphatic heterocycles. The molecule has 0 aliphatic carbocycles. The average molecular weight is 348 g/mol. The van der Waals surface area contributed by atoms with Crippen molar-refractivity contribution in [2.24, 2.45) is 0 Å². The van der Waals surface area contributed by atoms with Gasteiger partial charge in [0.05, 0.1) is 16.8 Å². The fraction of sp³-hybridized carbons (Fsp3) is 0.0714. The van der Waals surface area contributed by atoms with Crippen LogP contribution in [0.1, 0.15) is 5.56 Å². The van der Waals surface area contributed by atoms with Crippen LogP contribution in [0.4, 0.5) is 33.5 Å². The first-order valence-corrected chi connectivity index (χ1v) is 6.60. The standard InChI is InChI=1S/C14H7ClF5N3/c15-13-7(14(18,19)20)1-2-12(23-13)22-11-5-21-10-4-9(17)8(16)3-6(10)11/h1-5,21H,(H,22,23). The Morgan fingerprint density at radius 3 is 2.43 bits per heavy atom. The fourth-order valence-corrected chi connectivity index (χ4v) is 2.33. The van der Waals surface area contributed by atoms with Gasteiger partial charge in [0.2, 0.25) is 0 Å². The van der Waals surface area contributed by atoms with Gasteiger partial charge >= 0.3 is 6.18 Å². The van der Waals surface area contributed by atoms with Crippen LogP contribution in [0.5, 0.6) is 0 Å². The maximum absolute atomic E-state index is 13.3. The summed E-state index contributed by atoms with van der Waals surface area (Å²) in [5.41, 5.74) is -0.414. The smallest absolute Gasteiger partial charge is 0.359 e. The number of aromatic amines is 1. The molecule has 0 amide bonds. The van der Waals surface area contributed by atoms with Crippen molar-refractivity contribution in [2.75, 3.05) is 5.32 Å². The lowest BCUT2D eigenvalue weighted by atomic mass is 10.2. The monoisotopic (exact) mass is 347 g/mol. The number of pyridine rings is 1. The van der Waals surface area contributed by atoms with Gasteiger partial charge in [0.1, 0.15) is 11.0 Å². The van der Waals surface area contributed by atoms with Gasteiger partial charge in [0.15, 0.2) is 11.6 Å². The minimum Gasteiger partial charge on any atom is -0.359 e. The van der Waals surface area contributed by atoms with Crippen LogP contribution in [0.2, 0.25) is 5.15 Å². The number of hydrogen-bond donors (Lipinski definition) is 2. The number of aromatic nitrogens is 2. The van der Waals surface area contributed by atoms with E-state index in [-0.39, 0.29) is 5.82 Å². The zero-order valence-corrected chi connectivity index (χ0v) is 11.9. The Kier molecular flexibility index (Phi) is 3.63. The first kappa shape index (κ1) is 15.5. The van der Waals surface area contributed by atoms with Gasteiger partial charge in [-0.05, 0) is 18.2 Å². The first-order valence-electron chi connectivity index (χ1n) is 6.22. The molecule has 1 aromatic carbocycles. The molecular formula is C14H7ClF5N3. The van der Waals surface area contributed by atoms with Crippen molar-refractivity contribution < 1.29 is 22.0 Å². The third kappa shape index (κ3) is 2.94. The van der Waals surface area contributed by atoms with E-state index in [0.29, 0.717) is 16.6 Å². The Hall–Kier alpha value is -2.35. The second-order valence-electron chi connectivity index (χ2n) is 4.67. The number of anilines is 2. The van der Waals surface area contributed by atoms with E-state index in [2.05, 4.69) is 15.3 Å². The molecule has 0 unspecified atom stereocenters. The highest BCUT2D eigenvalue weighted by atomic mass is 35.5. The molecule has 0 fully saturated rings. The van der Waals surface area contributed by atoms with Gasteiger partial charge in [-0.3, -0.25) is 0 Å². The van der Waals surface area contributed by atoms with Crippen LogP contribution < -0.4 is 5.32 Å². The van der Waals surface area contributed by atoms with Crippen molar-refractivity contribution in [3.8, 4) is 0 Å². The molecule has 9 heteroatoms. The van der Waals surface area contributed by atoms with Crippen LogP contribution in [0.15, 0.2) is 30.5 Å². The summed E-state index contributed by atoms with van der Waals surface area (Å²) in [4.78, 5) is 6.33. The number of benzene rings is 1. The molecule has 120 valence electrons. The van der Waals surface area contributed by atoms with Gasteiger partial charge in [0.25, 0.3) is 0 Å². The lowest BCUT2D eigenvalue weighted by molar-refractivity contribution is -0.137. The van der Waals surface area contributed by atoms with Crippen molar-refractivity contribution in [2.45, 2.75) is 6.18 Å². The van der Waals surface area contributed by atoms with Crippen LogP contribution in [-0.2, 0) is 6.18 Å². The van der Waals surface area contributed by atoms with Gasteiger partial charge in [-0.15, -0.1) is 0 Å². The van der Waals surface area contributed by atoms with Gasteiger partial charge in [-0.1, -0.05) is 11.6 Å². The molecular weight excluding hydrogens is 341 g/mol. The zero-order valence-electron chi connectivity index (χ0n) is 11.1. The highest BCUT2D eigenvalue weighted by molar-refractivity contribution is 6.30. The molecule has 0 aliphatic rings. The minimum atomic E-state index is -4.61. The van der Waals surface area contributed by atoms with Crippen LogP contribution in [0.25, 0.3) is 10.9 Å². The molecule has 2 heterocycles. The Morgan fingerprint density at radius 1 is 1.09 bits per heavy atom. The summed E-state index contributed by atoms with van der Waals surface area (Å²) < 4.78 is 64.3. The Bertz CT molecular complexity index is 888. The summed E-state index contributed by atoms with van der Waals surface area (Å²) in [6.45, 7) is 0. The number of fused-ring (bicyclic) bond motifs is 1. The summed E-state index contributed by atoms with van der Waals surface area (Å²) >= 11 is 5.53. The predicted molar refractivity (Wildman–Crippen MR) is 75.7 cm³/mol. The van der Waals surface area contributed by atoms with Crippen molar-refractivity contribution in [3.63, 3.8) is 0 Å². The Balaban J connectivity index is 1.97. The van der Waals surface area contributed by atoms with E-state index in [1.54, 1.807) is 0 Å². The summed E-state index contributed by atoms with van der Waals surface area (Å²) in [7, 11) is 0. The molecule has 0 bridgehead atoms. The molecule has 0 atom stereocenters. The molecule has 0 saturated heterocycles. The fourth-order valence-electron chi connectivity index (χ4n) is 2.07. The maximum atomic E-state index is 13.3. The SMILES string of the molecule is Fc1cc2[nH]cc(Nc3ccc(C(F)(F)F)c(Cl)n3)c2cc1F. The Labute approximate surface area is 131 Å². The largest absolute Gasteiger partial charge is 0.419 e. The lowest BCUT2D eigenvalue weighted by Crippen LogP contribution is -2.07. The second-order valence-corrected chi connectivity index (χ2v) is 5.03. The molecule has 2 N–H and O–H groups in total. The first-order chi connectivity index (χ1) is 10.8. The number of rotatable bonds is 2. The normalized spacial score (nSPS) is 11.9. The maximum Gasteiger partial charge on any atom is 0.419 e.